The van der Waals surface area contributed by atoms with E-state index < -0.39 is 9.84 Å². The average molecular weight is 446 g/mol. The molecule has 5 rings (SSSR count). The molecule has 0 radical (unpaired) electrons. The summed E-state index contributed by atoms with van der Waals surface area (Å²) in [6.07, 6.45) is 6.22. The highest BCUT2D eigenvalue weighted by atomic mass is 32.2. The third-order valence-electron chi connectivity index (χ3n) is 4.97. The Labute approximate surface area is 183 Å². The van der Waals surface area contributed by atoms with Crippen molar-refractivity contribution in [1.82, 2.24) is 30.1 Å². The van der Waals surface area contributed by atoms with Crippen molar-refractivity contribution in [2.24, 2.45) is 0 Å². The van der Waals surface area contributed by atoms with Crippen LogP contribution in [0.3, 0.4) is 0 Å². The summed E-state index contributed by atoms with van der Waals surface area (Å²) >= 11 is 0. The van der Waals surface area contributed by atoms with Crippen LogP contribution in [0.2, 0.25) is 0 Å². The predicted molar refractivity (Wildman–Crippen MR) is 123 cm³/mol. The van der Waals surface area contributed by atoms with Gasteiger partial charge in [0.15, 0.2) is 15.5 Å². The summed E-state index contributed by atoms with van der Waals surface area (Å²) in [6, 6.07) is 13.3. The first-order valence-corrected chi connectivity index (χ1v) is 11.9. The Bertz CT molecular complexity index is 1550. The van der Waals surface area contributed by atoms with Crippen LogP contribution in [-0.2, 0) is 22.1 Å². The predicted octanol–water partition coefficient (Wildman–Crippen LogP) is 3.12. The minimum atomic E-state index is -3.08. The standard InChI is InChI=1S/C22H19N7O2S/c1-32(30,31)12-15-4-2-3-14(7-15)9-23-22-24-10-17-8-16(5-6-19(17)28-22)20-18-11-27-29-21(18)26-13-25-20/h2-8,10-11,13H,9,12H2,1H3,(H,23,24,28)(H,25,26,27,29). The SMILES string of the molecule is CS(=O)(=O)Cc1cccc(CNc2ncc3cc(-c4ncnc5[nH]ncc45)ccc3n2)c1. The van der Waals surface area contributed by atoms with Crippen LogP contribution in [-0.4, -0.2) is 44.8 Å². The summed E-state index contributed by atoms with van der Waals surface area (Å²) in [7, 11) is -3.08. The van der Waals surface area contributed by atoms with Gasteiger partial charge in [0.2, 0.25) is 5.95 Å². The number of H-pyrrole nitrogens is 1. The minimum Gasteiger partial charge on any atom is -0.350 e. The fraction of sp³-hybridized carbons (Fsp3) is 0.136. The first-order valence-electron chi connectivity index (χ1n) is 9.85. The summed E-state index contributed by atoms with van der Waals surface area (Å²) in [6.45, 7) is 0.487. The quantitative estimate of drug-likeness (QED) is 0.408. The van der Waals surface area contributed by atoms with E-state index in [-0.39, 0.29) is 5.75 Å². The molecule has 0 aliphatic rings. The molecule has 0 saturated heterocycles. The van der Waals surface area contributed by atoms with Crippen molar-refractivity contribution < 1.29 is 8.42 Å². The highest BCUT2D eigenvalue weighted by molar-refractivity contribution is 7.89. The van der Waals surface area contributed by atoms with Crippen LogP contribution in [0.5, 0.6) is 0 Å². The topological polar surface area (TPSA) is 126 Å². The summed E-state index contributed by atoms with van der Waals surface area (Å²) < 4.78 is 23.1. The van der Waals surface area contributed by atoms with Crippen molar-refractivity contribution in [2.75, 3.05) is 11.6 Å². The van der Waals surface area contributed by atoms with Gasteiger partial charge in [0, 0.05) is 29.9 Å². The van der Waals surface area contributed by atoms with E-state index in [1.54, 1.807) is 12.4 Å². The highest BCUT2D eigenvalue weighted by Crippen LogP contribution is 2.27. The Morgan fingerprint density at radius 2 is 1.88 bits per heavy atom. The molecule has 3 aromatic heterocycles. The lowest BCUT2D eigenvalue weighted by Gasteiger charge is -2.08. The molecule has 32 heavy (non-hydrogen) atoms. The number of anilines is 1. The smallest absolute Gasteiger partial charge is 0.223 e. The Morgan fingerprint density at radius 1 is 1.00 bits per heavy atom. The van der Waals surface area contributed by atoms with Gasteiger partial charge in [-0.3, -0.25) is 5.10 Å². The van der Waals surface area contributed by atoms with Gasteiger partial charge in [0.1, 0.15) is 6.33 Å². The van der Waals surface area contributed by atoms with E-state index in [1.165, 1.54) is 12.6 Å². The zero-order valence-electron chi connectivity index (χ0n) is 17.1. The molecule has 0 bridgehead atoms. The maximum atomic E-state index is 11.5. The lowest BCUT2D eigenvalue weighted by Crippen LogP contribution is -2.05. The molecule has 5 aromatic rings. The van der Waals surface area contributed by atoms with Crippen LogP contribution in [0, 0.1) is 0 Å². The lowest BCUT2D eigenvalue weighted by molar-refractivity contribution is 0.601. The Hall–Kier alpha value is -3.92. The summed E-state index contributed by atoms with van der Waals surface area (Å²) in [5.74, 6) is 0.519. The van der Waals surface area contributed by atoms with Gasteiger partial charge in [-0.25, -0.2) is 28.4 Å². The third kappa shape index (κ3) is 4.26. The molecule has 0 aliphatic heterocycles. The zero-order valence-corrected chi connectivity index (χ0v) is 18.0. The van der Waals surface area contributed by atoms with E-state index in [0.29, 0.717) is 18.1 Å². The molecule has 0 amide bonds. The molecular formula is C22H19N7O2S. The molecule has 0 aliphatic carbocycles. The van der Waals surface area contributed by atoms with E-state index in [4.69, 9.17) is 0 Å². The second-order valence-electron chi connectivity index (χ2n) is 7.57. The van der Waals surface area contributed by atoms with E-state index in [2.05, 4.69) is 35.5 Å². The van der Waals surface area contributed by atoms with Crippen molar-refractivity contribution in [3.63, 3.8) is 0 Å². The second kappa shape index (κ2) is 7.97. The zero-order chi connectivity index (χ0) is 22.1. The first-order chi connectivity index (χ1) is 15.4. The maximum Gasteiger partial charge on any atom is 0.223 e. The van der Waals surface area contributed by atoms with Crippen molar-refractivity contribution in [1.29, 1.82) is 0 Å². The molecule has 0 atom stereocenters. The van der Waals surface area contributed by atoms with Gasteiger partial charge >= 0.3 is 0 Å². The third-order valence-corrected chi connectivity index (χ3v) is 5.83. The van der Waals surface area contributed by atoms with Gasteiger partial charge in [-0.2, -0.15) is 5.10 Å². The number of aromatic amines is 1. The van der Waals surface area contributed by atoms with E-state index in [9.17, 15) is 8.42 Å². The molecule has 0 unspecified atom stereocenters. The van der Waals surface area contributed by atoms with Crippen LogP contribution in [0.15, 0.2) is 61.2 Å². The van der Waals surface area contributed by atoms with Gasteiger partial charge in [-0.15, -0.1) is 0 Å². The molecule has 10 heteroatoms. The molecule has 0 spiro atoms. The van der Waals surface area contributed by atoms with Crippen LogP contribution >= 0.6 is 0 Å². The molecule has 9 nitrogen and oxygen atoms in total. The molecular weight excluding hydrogens is 426 g/mol. The number of hydrogen-bond donors (Lipinski definition) is 2. The van der Waals surface area contributed by atoms with E-state index in [1.807, 2.05) is 42.5 Å². The molecule has 0 saturated carbocycles. The maximum absolute atomic E-state index is 11.5. The summed E-state index contributed by atoms with van der Waals surface area (Å²) in [4.78, 5) is 17.6. The van der Waals surface area contributed by atoms with Gasteiger partial charge in [0.25, 0.3) is 0 Å². The average Bonchev–Trinajstić information content (AvgIpc) is 3.25. The molecule has 2 N–H and O–H groups in total. The largest absolute Gasteiger partial charge is 0.350 e. The number of nitrogens with zero attached hydrogens (tertiary/aromatic N) is 5. The van der Waals surface area contributed by atoms with Gasteiger partial charge in [-0.1, -0.05) is 30.3 Å². The second-order valence-corrected chi connectivity index (χ2v) is 9.71. The van der Waals surface area contributed by atoms with Crippen molar-refractivity contribution >= 4 is 37.7 Å². The number of rotatable bonds is 6. The van der Waals surface area contributed by atoms with Crippen molar-refractivity contribution in [3.05, 3.63) is 72.3 Å². The normalized spacial score (nSPS) is 11.8. The van der Waals surface area contributed by atoms with Gasteiger partial charge in [-0.05, 0) is 23.3 Å². The minimum absolute atomic E-state index is 0.0209. The number of nitrogens with one attached hydrogen (secondary N) is 2. The van der Waals surface area contributed by atoms with Crippen molar-refractivity contribution in [3.8, 4) is 11.3 Å². The van der Waals surface area contributed by atoms with Crippen LogP contribution < -0.4 is 5.32 Å². The number of fused-ring (bicyclic) bond motifs is 2. The highest BCUT2D eigenvalue weighted by Gasteiger charge is 2.10. The van der Waals surface area contributed by atoms with E-state index >= 15 is 0 Å². The van der Waals surface area contributed by atoms with Gasteiger partial charge in [0.05, 0.1) is 28.5 Å². The first kappa shape index (κ1) is 20.0. The Morgan fingerprint density at radius 3 is 2.75 bits per heavy atom. The van der Waals surface area contributed by atoms with Gasteiger partial charge < -0.3 is 5.32 Å². The molecule has 0 fully saturated rings. The number of aromatic nitrogens is 6. The summed E-state index contributed by atoms with van der Waals surface area (Å²) in [5, 5.41) is 11.8. The molecule has 160 valence electrons. The molecule has 2 aromatic carbocycles. The number of hydrogen-bond acceptors (Lipinski definition) is 8. The van der Waals surface area contributed by atoms with Crippen LogP contribution in [0.25, 0.3) is 33.2 Å². The Balaban J connectivity index is 1.36. The van der Waals surface area contributed by atoms with Crippen LogP contribution in [0.1, 0.15) is 11.1 Å². The lowest BCUT2D eigenvalue weighted by atomic mass is 10.1. The number of sulfone groups is 1. The molecule has 3 heterocycles. The monoisotopic (exact) mass is 445 g/mol. The summed E-state index contributed by atoms with van der Waals surface area (Å²) in [5.41, 5.74) is 4.93. The van der Waals surface area contributed by atoms with Crippen LogP contribution in [0.4, 0.5) is 5.95 Å². The fourth-order valence-corrected chi connectivity index (χ4v) is 4.36. The van der Waals surface area contributed by atoms with Crippen molar-refractivity contribution in [2.45, 2.75) is 12.3 Å². The van der Waals surface area contributed by atoms with E-state index in [0.717, 1.165) is 38.7 Å². The Kier molecular flexibility index (Phi) is 4.98. The fourth-order valence-electron chi connectivity index (χ4n) is 3.57. The number of benzene rings is 2.